The first-order valence-corrected chi connectivity index (χ1v) is 7.24. The van der Waals surface area contributed by atoms with E-state index in [2.05, 4.69) is 44.3 Å². The fraction of sp³-hybridized carbons (Fsp3) is 0.625. The number of hydrogen-bond donors (Lipinski definition) is 1. The fourth-order valence-electron chi connectivity index (χ4n) is 2.75. The van der Waals surface area contributed by atoms with Crippen LogP contribution in [0.3, 0.4) is 0 Å². The molecular weight excluding hydrogens is 238 g/mol. The van der Waals surface area contributed by atoms with E-state index in [1.807, 2.05) is 6.92 Å². The number of likely N-dealkylation sites (N-methyl/N-ethyl adjacent to an activating group) is 1. The lowest BCUT2D eigenvalue weighted by Crippen LogP contribution is -2.61. The summed E-state index contributed by atoms with van der Waals surface area (Å²) >= 11 is 0. The monoisotopic (exact) mass is 263 g/mol. The van der Waals surface area contributed by atoms with Crippen molar-refractivity contribution >= 4 is 0 Å². The van der Waals surface area contributed by atoms with E-state index in [0.717, 1.165) is 25.3 Å². The number of aryl methyl sites for hydroxylation is 2. The quantitative estimate of drug-likeness (QED) is 0.856. The van der Waals surface area contributed by atoms with Crippen LogP contribution in [0.25, 0.3) is 0 Å². The Hall–Kier alpha value is -1.06. The van der Waals surface area contributed by atoms with Gasteiger partial charge in [0.2, 0.25) is 0 Å². The Bertz CT molecular complexity index is 399. The highest BCUT2D eigenvalue weighted by Crippen LogP contribution is 2.30. The summed E-state index contributed by atoms with van der Waals surface area (Å²) in [6, 6.07) is 6.78. The number of benzene rings is 1. The molecule has 0 spiro atoms. The Balaban J connectivity index is 1.98. The van der Waals surface area contributed by atoms with Gasteiger partial charge in [-0.2, -0.15) is 0 Å². The van der Waals surface area contributed by atoms with Crippen molar-refractivity contribution in [2.45, 2.75) is 52.4 Å². The van der Waals surface area contributed by atoms with Crippen molar-refractivity contribution in [1.82, 2.24) is 5.32 Å². The molecule has 3 atom stereocenters. The van der Waals surface area contributed by atoms with E-state index in [0.29, 0.717) is 6.04 Å². The molecule has 1 saturated carbocycles. The van der Waals surface area contributed by atoms with E-state index in [4.69, 9.17) is 9.47 Å². The Labute approximate surface area is 116 Å². The maximum atomic E-state index is 6.09. The highest BCUT2D eigenvalue weighted by molar-refractivity contribution is 5.33. The Morgan fingerprint density at radius 1 is 1.16 bits per heavy atom. The summed E-state index contributed by atoms with van der Waals surface area (Å²) in [7, 11) is 0. The maximum Gasteiger partial charge on any atom is 0.128 e. The summed E-state index contributed by atoms with van der Waals surface area (Å²) in [6.07, 6.45) is 1.36. The third-order valence-corrected chi connectivity index (χ3v) is 3.56. The highest BCUT2D eigenvalue weighted by atomic mass is 16.5. The van der Waals surface area contributed by atoms with Gasteiger partial charge in [-0.25, -0.2) is 0 Å². The number of nitrogens with one attached hydrogen (secondary N) is 1. The Morgan fingerprint density at radius 3 is 2.42 bits per heavy atom. The van der Waals surface area contributed by atoms with Crippen LogP contribution in [0, 0.1) is 13.8 Å². The van der Waals surface area contributed by atoms with Crippen LogP contribution in [-0.2, 0) is 4.74 Å². The summed E-state index contributed by atoms with van der Waals surface area (Å²) < 4.78 is 11.9. The lowest BCUT2D eigenvalue weighted by molar-refractivity contribution is -0.104. The van der Waals surface area contributed by atoms with Gasteiger partial charge in [0.1, 0.15) is 18.0 Å². The zero-order chi connectivity index (χ0) is 13.8. The zero-order valence-electron chi connectivity index (χ0n) is 12.4. The molecule has 0 saturated heterocycles. The van der Waals surface area contributed by atoms with E-state index >= 15 is 0 Å². The molecule has 1 aliphatic rings. The standard InChI is InChI=1S/C16H25NO2/c1-5-17-14-10-15(16(14)18-6-2)19-13-8-11(3)7-12(4)9-13/h7-9,14-17H,5-6,10H2,1-4H3. The third kappa shape index (κ3) is 3.48. The summed E-state index contributed by atoms with van der Waals surface area (Å²) in [5.41, 5.74) is 2.48. The minimum Gasteiger partial charge on any atom is -0.488 e. The van der Waals surface area contributed by atoms with Crippen molar-refractivity contribution in [2.24, 2.45) is 0 Å². The van der Waals surface area contributed by atoms with Crippen molar-refractivity contribution in [3.63, 3.8) is 0 Å². The molecule has 1 N–H and O–H groups in total. The molecule has 3 unspecified atom stereocenters. The summed E-state index contributed by atoms with van der Waals surface area (Å²) in [5, 5.41) is 3.45. The molecule has 3 heteroatoms. The van der Waals surface area contributed by atoms with Crippen LogP contribution in [0.15, 0.2) is 18.2 Å². The number of rotatable bonds is 6. The molecule has 19 heavy (non-hydrogen) atoms. The van der Waals surface area contributed by atoms with Crippen LogP contribution in [0.4, 0.5) is 0 Å². The van der Waals surface area contributed by atoms with Crippen molar-refractivity contribution in [3.05, 3.63) is 29.3 Å². The average Bonchev–Trinajstić information content (AvgIpc) is 2.33. The van der Waals surface area contributed by atoms with Crippen molar-refractivity contribution in [3.8, 4) is 5.75 Å². The van der Waals surface area contributed by atoms with Gasteiger partial charge in [-0.3, -0.25) is 0 Å². The van der Waals surface area contributed by atoms with E-state index in [-0.39, 0.29) is 12.2 Å². The van der Waals surface area contributed by atoms with Crippen molar-refractivity contribution < 1.29 is 9.47 Å². The number of hydrogen-bond acceptors (Lipinski definition) is 3. The van der Waals surface area contributed by atoms with Gasteiger partial charge in [0.15, 0.2) is 0 Å². The van der Waals surface area contributed by atoms with Crippen molar-refractivity contribution in [1.29, 1.82) is 0 Å². The predicted octanol–water partition coefficient (Wildman–Crippen LogP) is 2.84. The van der Waals surface area contributed by atoms with Gasteiger partial charge < -0.3 is 14.8 Å². The molecular formula is C16H25NO2. The topological polar surface area (TPSA) is 30.5 Å². The lowest BCUT2D eigenvalue weighted by atomic mass is 9.85. The minimum atomic E-state index is 0.171. The second kappa shape index (κ2) is 6.40. The second-order valence-electron chi connectivity index (χ2n) is 5.30. The largest absolute Gasteiger partial charge is 0.488 e. The van der Waals surface area contributed by atoms with Gasteiger partial charge in [0, 0.05) is 19.1 Å². The van der Waals surface area contributed by atoms with Crippen LogP contribution in [0.1, 0.15) is 31.4 Å². The van der Waals surface area contributed by atoms with E-state index in [9.17, 15) is 0 Å². The second-order valence-corrected chi connectivity index (χ2v) is 5.30. The van der Waals surface area contributed by atoms with Gasteiger partial charge in [-0.15, -0.1) is 0 Å². The molecule has 0 aliphatic heterocycles. The SMILES string of the molecule is CCNC1CC(Oc2cc(C)cc(C)c2)C1OCC. The van der Waals surface area contributed by atoms with Gasteiger partial charge in [0.05, 0.1) is 0 Å². The molecule has 0 heterocycles. The molecule has 3 nitrogen and oxygen atoms in total. The number of ether oxygens (including phenoxy) is 2. The van der Waals surface area contributed by atoms with Crippen LogP contribution in [-0.4, -0.2) is 31.4 Å². The first kappa shape index (κ1) is 14.4. The van der Waals surface area contributed by atoms with Gasteiger partial charge in [-0.05, 0) is 50.6 Å². The molecule has 1 aromatic rings. The average molecular weight is 263 g/mol. The van der Waals surface area contributed by atoms with Gasteiger partial charge >= 0.3 is 0 Å². The summed E-state index contributed by atoms with van der Waals surface area (Å²) in [5.74, 6) is 0.960. The normalized spacial score (nSPS) is 26.0. The van der Waals surface area contributed by atoms with E-state index < -0.39 is 0 Å². The molecule has 0 aromatic heterocycles. The molecule has 1 aliphatic carbocycles. The smallest absolute Gasteiger partial charge is 0.128 e. The molecule has 0 radical (unpaired) electrons. The van der Waals surface area contributed by atoms with E-state index in [1.165, 1.54) is 11.1 Å². The molecule has 1 aromatic carbocycles. The molecule has 106 valence electrons. The van der Waals surface area contributed by atoms with Crippen LogP contribution in [0.5, 0.6) is 5.75 Å². The summed E-state index contributed by atoms with van der Waals surface area (Å²) in [4.78, 5) is 0. The predicted molar refractivity (Wildman–Crippen MR) is 77.8 cm³/mol. The molecule has 0 bridgehead atoms. The minimum absolute atomic E-state index is 0.171. The maximum absolute atomic E-state index is 6.09. The lowest BCUT2D eigenvalue weighted by Gasteiger charge is -2.44. The molecule has 0 amide bonds. The van der Waals surface area contributed by atoms with Gasteiger partial charge in [0.25, 0.3) is 0 Å². The van der Waals surface area contributed by atoms with Crippen molar-refractivity contribution in [2.75, 3.05) is 13.2 Å². The zero-order valence-corrected chi connectivity index (χ0v) is 12.4. The van der Waals surface area contributed by atoms with E-state index in [1.54, 1.807) is 0 Å². The van der Waals surface area contributed by atoms with Crippen LogP contribution in [0.2, 0.25) is 0 Å². The highest BCUT2D eigenvalue weighted by Gasteiger charge is 2.43. The fourth-order valence-corrected chi connectivity index (χ4v) is 2.75. The first-order valence-electron chi connectivity index (χ1n) is 7.24. The molecule has 2 rings (SSSR count). The first-order chi connectivity index (χ1) is 9.13. The Kier molecular flexibility index (Phi) is 4.83. The third-order valence-electron chi connectivity index (χ3n) is 3.56. The Morgan fingerprint density at radius 2 is 1.84 bits per heavy atom. The van der Waals surface area contributed by atoms with Crippen LogP contribution < -0.4 is 10.1 Å². The van der Waals surface area contributed by atoms with Crippen LogP contribution >= 0.6 is 0 Å². The molecule has 1 fully saturated rings. The van der Waals surface area contributed by atoms with Gasteiger partial charge in [-0.1, -0.05) is 13.0 Å². The summed E-state index contributed by atoms with van der Waals surface area (Å²) in [6.45, 7) is 10.1.